The first kappa shape index (κ1) is 14.1. The van der Waals surface area contributed by atoms with Crippen molar-refractivity contribution in [3.63, 3.8) is 0 Å². The van der Waals surface area contributed by atoms with E-state index in [1.54, 1.807) is 19.9 Å². The molecular formula is C15H17NO4. The first-order valence-electron chi connectivity index (χ1n) is 6.39. The van der Waals surface area contributed by atoms with E-state index in [1.165, 1.54) is 6.92 Å². The van der Waals surface area contributed by atoms with E-state index in [0.29, 0.717) is 23.5 Å². The van der Waals surface area contributed by atoms with Gasteiger partial charge in [-0.1, -0.05) is 0 Å². The number of nitrogens with zero attached hydrogens (tertiary/aromatic N) is 1. The number of benzene rings is 1. The Kier molecular flexibility index (Phi) is 3.79. The second kappa shape index (κ2) is 5.36. The third-order valence-corrected chi connectivity index (χ3v) is 3.13. The lowest BCUT2D eigenvalue weighted by Crippen LogP contribution is -2.10. The van der Waals surface area contributed by atoms with Gasteiger partial charge in [-0.15, -0.1) is 0 Å². The van der Waals surface area contributed by atoms with Crippen LogP contribution in [0.3, 0.4) is 0 Å². The quantitative estimate of drug-likeness (QED) is 0.638. The minimum atomic E-state index is -0.417. The maximum atomic E-state index is 12.0. The third kappa shape index (κ3) is 2.39. The molecule has 2 rings (SSSR count). The first-order valence-corrected chi connectivity index (χ1v) is 6.39. The van der Waals surface area contributed by atoms with Gasteiger partial charge in [-0.05, 0) is 26.0 Å². The van der Waals surface area contributed by atoms with Crippen molar-refractivity contribution in [1.82, 2.24) is 4.57 Å². The Hall–Kier alpha value is -2.30. The highest BCUT2D eigenvalue weighted by atomic mass is 16.5. The summed E-state index contributed by atoms with van der Waals surface area (Å²) in [5.74, 6) is -0.417. The molecule has 5 nitrogen and oxygen atoms in total. The maximum absolute atomic E-state index is 12.0. The molecule has 20 heavy (non-hydrogen) atoms. The number of fused-ring (bicyclic) bond motifs is 1. The fraction of sp³-hybridized carbons (Fsp3) is 0.333. The molecule has 5 heteroatoms. The van der Waals surface area contributed by atoms with E-state index in [2.05, 4.69) is 0 Å². The van der Waals surface area contributed by atoms with Crippen molar-refractivity contribution in [1.29, 1.82) is 0 Å². The van der Waals surface area contributed by atoms with Crippen molar-refractivity contribution >= 4 is 22.8 Å². The summed E-state index contributed by atoms with van der Waals surface area (Å²) in [6.45, 7) is 5.13. The van der Waals surface area contributed by atoms with Gasteiger partial charge in [0.05, 0.1) is 17.7 Å². The smallest absolute Gasteiger partial charge is 0.338 e. The van der Waals surface area contributed by atoms with Gasteiger partial charge in [0.2, 0.25) is 0 Å². The zero-order valence-corrected chi connectivity index (χ0v) is 12.0. The molecule has 0 aliphatic rings. The van der Waals surface area contributed by atoms with Gasteiger partial charge in [-0.25, -0.2) is 4.79 Å². The van der Waals surface area contributed by atoms with Crippen LogP contribution in [-0.4, -0.2) is 23.1 Å². The highest BCUT2D eigenvalue weighted by Gasteiger charge is 2.19. The monoisotopic (exact) mass is 275 g/mol. The minimum Gasteiger partial charge on any atom is -0.462 e. The van der Waals surface area contributed by atoms with E-state index in [4.69, 9.17) is 9.47 Å². The molecular weight excluding hydrogens is 258 g/mol. The van der Waals surface area contributed by atoms with Crippen molar-refractivity contribution in [2.75, 3.05) is 6.61 Å². The van der Waals surface area contributed by atoms with Gasteiger partial charge in [0.25, 0.3) is 0 Å². The summed E-state index contributed by atoms with van der Waals surface area (Å²) in [5, 5.41) is 0.799. The van der Waals surface area contributed by atoms with Crippen LogP contribution in [0.5, 0.6) is 5.75 Å². The zero-order chi connectivity index (χ0) is 14.9. The molecule has 0 radical (unpaired) electrons. The molecule has 0 saturated heterocycles. The van der Waals surface area contributed by atoms with Crippen LogP contribution in [0.15, 0.2) is 18.3 Å². The van der Waals surface area contributed by atoms with Gasteiger partial charge in [-0.3, -0.25) is 4.79 Å². The SMILES string of the molecule is CCOC(=O)c1cc2c(ccn2C)c(OC(C)=O)c1C. The number of hydrogen-bond acceptors (Lipinski definition) is 4. The average Bonchev–Trinajstić information content (AvgIpc) is 2.74. The topological polar surface area (TPSA) is 57.5 Å². The van der Waals surface area contributed by atoms with Crippen molar-refractivity contribution < 1.29 is 19.1 Å². The largest absolute Gasteiger partial charge is 0.462 e. The Morgan fingerprint density at radius 3 is 2.65 bits per heavy atom. The Bertz CT molecular complexity index is 685. The second-order valence-electron chi connectivity index (χ2n) is 4.55. The predicted molar refractivity (Wildman–Crippen MR) is 74.9 cm³/mol. The lowest BCUT2D eigenvalue weighted by Gasteiger charge is -2.12. The molecule has 0 aliphatic carbocycles. The van der Waals surface area contributed by atoms with Crippen molar-refractivity contribution in [3.05, 3.63) is 29.5 Å². The Balaban J connectivity index is 2.70. The van der Waals surface area contributed by atoms with Crippen LogP contribution in [-0.2, 0) is 16.6 Å². The van der Waals surface area contributed by atoms with E-state index in [9.17, 15) is 9.59 Å². The van der Waals surface area contributed by atoms with Gasteiger partial charge in [0.15, 0.2) is 0 Å². The molecule has 1 aromatic heterocycles. The van der Waals surface area contributed by atoms with E-state index in [0.717, 1.165) is 10.9 Å². The van der Waals surface area contributed by atoms with Crippen LogP contribution in [0, 0.1) is 6.92 Å². The highest BCUT2D eigenvalue weighted by Crippen LogP contribution is 2.33. The number of rotatable bonds is 3. The fourth-order valence-electron chi connectivity index (χ4n) is 2.18. The molecule has 106 valence electrons. The van der Waals surface area contributed by atoms with Gasteiger partial charge in [-0.2, -0.15) is 0 Å². The summed E-state index contributed by atoms with van der Waals surface area (Å²) in [6, 6.07) is 3.62. The van der Waals surface area contributed by atoms with Crippen LogP contribution in [0.2, 0.25) is 0 Å². The van der Waals surface area contributed by atoms with E-state index >= 15 is 0 Å². The Morgan fingerprint density at radius 1 is 1.35 bits per heavy atom. The lowest BCUT2D eigenvalue weighted by molar-refractivity contribution is -0.131. The van der Waals surface area contributed by atoms with E-state index in [-0.39, 0.29) is 0 Å². The molecule has 0 N–H and O–H groups in total. The summed E-state index contributed by atoms with van der Waals surface area (Å²) in [6.07, 6.45) is 1.85. The van der Waals surface area contributed by atoms with Gasteiger partial charge >= 0.3 is 11.9 Å². The molecule has 0 fully saturated rings. The molecule has 2 aromatic rings. The summed E-state index contributed by atoms with van der Waals surface area (Å²) in [7, 11) is 1.87. The van der Waals surface area contributed by atoms with Crippen LogP contribution in [0.1, 0.15) is 29.8 Å². The standard InChI is InChI=1S/C15H17NO4/c1-5-19-15(18)12-8-13-11(6-7-16(13)4)14(9(12)2)20-10(3)17/h6-8H,5H2,1-4H3. The van der Waals surface area contributed by atoms with Crippen molar-refractivity contribution in [2.24, 2.45) is 7.05 Å². The Morgan fingerprint density at radius 2 is 2.05 bits per heavy atom. The van der Waals surface area contributed by atoms with Crippen LogP contribution in [0.25, 0.3) is 10.9 Å². The summed E-state index contributed by atoms with van der Waals surface area (Å²) in [5.41, 5.74) is 1.84. The fourth-order valence-corrected chi connectivity index (χ4v) is 2.18. The highest BCUT2D eigenvalue weighted by molar-refractivity contribution is 6.00. The van der Waals surface area contributed by atoms with Crippen molar-refractivity contribution in [3.8, 4) is 5.75 Å². The number of esters is 2. The molecule has 0 amide bonds. The molecule has 1 aromatic carbocycles. The van der Waals surface area contributed by atoms with E-state index in [1.807, 2.05) is 23.9 Å². The molecule has 0 spiro atoms. The number of carbonyl (C=O) groups is 2. The number of carbonyl (C=O) groups excluding carboxylic acids is 2. The molecule has 0 atom stereocenters. The average molecular weight is 275 g/mol. The molecule has 0 bridgehead atoms. The first-order chi connectivity index (χ1) is 9.45. The second-order valence-corrected chi connectivity index (χ2v) is 4.55. The van der Waals surface area contributed by atoms with Gasteiger partial charge < -0.3 is 14.0 Å². The molecule has 0 saturated carbocycles. The zero-order valence-electron chi connectivity index (χ0n) is 12.0. The maximum Gasteiger partial charge on any atom is 0.338 e. The number of aromatic nitrogens is 1. The van der Waals surface area contributed by atoms with E-state index < -0.39 is 11.9 Å². The number of ether oxygens (including phenoxy) is 2. The summed E-state index contributed by atoms with van der Waals surface area (Å²) < 4.78 is 12.2. The molecule has 1 heterocycles. The number of hydrogen-bond donors (Lipinski definition) is 0. The lowest BCUT2D eigenvalue weighted by atomic mass is 10.0. The van der Waals surface area contributed by atoms with Crippen molar-refractivity contribution in [2.45, 2.75) is 20.8 Å². The molecule has 0 aliphatic heterocycles. The number of aryl methyl sites for hydroxylation is 1. The third-order valence-electron chi connectivity index (χ3n) is 3.13. The predicted octanol–water partition coefficient (Wildman–Crippen LogP) is 2.59. The van der Waals surface area contributed by atoms with Crippen LogP contribution >= 0.6 is 0 Å². The Labute approximate surface area is 117 Å². The van der Waals surface area contributed by atoms with Gasteiger partial charge in [0.1, 0.15) is 5.75 Å². The van der Waals surface area contributed by atoms with Crippen LogP contribution < -0.4 is 4.74 Å². The summed E-state index contributed by atoms with van der Waals surface area (Å²) >= 11 is 0. The molecule has 0 unspecified atom stereocenters. The normalized spacial score (nSPS) is 10.6. The minimum absolute atomic E-state index is 0.298. The van der Waals surface area contributed by atoms with Crippen LogP contribution in [0.4, 0.5) is 0 Å². The summed E-state index contributed by atoms with van der Waals surface area (Å²) in [4.78, 5) is 23.3. The van der Waals surface area contributed by atoms with Gasteiger partial charge in [0, 0.05) is 31.1 Å².